The van der Waals surface area contributed by atoms with Crippen molar-refractivity contribution in [3.8, 4) is 5.75 Å². The molecule has 4 rings (SSSR count). The first-order valence-electron chi connectivity index (χ1n) is 10.5. The van der Waals surface area contributed by atoms with Crippen molar-refractivity contribution in [1.29, 1.82) is 0 Å². The van der Waals surface area contributed by atoms with Gasteiger partial charge in [0.1, 0.15) is 12.4 Å². The summed E-state index contributed by atoms with van der Waals surface area (Å²) in [5.41, 5.74) is 0. The number of aliphatic imine (C=N–C) groups is 1. The number of nitrogens with zero attached hydrogens (tertiary/aromatic N) is 2. The Balaban J connectivity index is 1.15. The second-order valence-corrected chi connectivity index (χ2v) is 8.29. The highest BCUT2D eigenvalue weighted by atomic mass is 35.5. The molecule has 2 aliphatic carbocycles. The lowest BCUT2D eigenvalue weighted by molar-refractivity contribution is -0.140. The van der Waals surface area contributed by atoms with E-state index in [1.807, 2.05) is 18.2 Å². The van der Waals surface area contributed by atoms with Crippen molar-refractivity contribution in [1.82, 2.24) is 15.5 Å². The molecule has 4 unspecified atom stereocenters. The van der Waals surface area contributed by atoms with Crippen molar-refractivity contribution in [3.63, 3.8) is 0 Å². The van der Waals surface area contributed by atoms with Crippen LogP contribution in [0.15, 0.2) is 41.4 Å². The largest absolute Gasteiger partial charge is 0.490 e. The van der Waals surface area contributed by atoms with Crippen LogP contribution < -0.4 is 15.4 Å². The highest BCUT2D eigenvalue weighted by molar-refractivity contribution is 6.32. The highest BCUT2D eigenvalue weighted by Gasteiger charge is 2.58. The van der Waals surface area contributed by atoms with E-state index in [2.05, 4.69) is 27.8 Å². The fourth-order valence-electron chi connectivity index (χ4n) is 4.74. The summed E-state index contributed by atoms with van der Waals surface area (Å²) in [6.45, 7) is 2.07. The van der Waals surface area contributed by atoms with Crippen LogP contribution in [0.5, 0.6) is 5.75 Å². The molecule has 0 radical (unpaired) electrons. The Hall–Kier alpha value is -2.54. The number of fused-ring (bicyclic) bond motifs is 5. The molecule has 2 fully saturated rings. The third-order valence-electron chi connectivity index (χ3n) is 6.12. The lowest BCUT2D eigenvalue weighted by Crippen LogP contribution is -2.41. The van der Waals surface area contributed by atoms with E-state index in [4.69, 9.17) is 16.3 Å². The summed E-state index contributed by atoms with van der Waals surface area (Å²) in [4.78, 5) is 31.0. The molecule has 2 amide bonds. The van der Waals surface area contributed by atoms with Gasteiger partial charge in [-0.25, -0.2) is 0 Å². The van der Waals surface area contributed by atoms with Gasteiger partial charge >= 0.3 is 0 Å². The summed E-state index contributed by atoms with van der Waals surface area (Å²) in [5.74, 6) is 1.61. The lowest BCUT2D eigenvalue weighted by atomic mass is 9.85. The van der Waals surface area contributed by atoms with Crippen molar-refractivity contribution in [3.05, 3.63) is 41.4 Å². The molecule has 2 bridgehead atoms. The van der Waals surface area contributed by atoms with E-state index >= 15 is 0 Å². The number of allylic oxidation sites excluding steroid dienone is 2. The minimum atomic E-state index is -0.118. The standard InChI is InChI=1S/C22H27ClN4O3/c1-24-22(26-10-12-30-17-6-3-2-5-16(17)23)25-9-4-11-27-20(28)18-14-7-8-15(13-14)19(18)21(27)29/h2-3,5-8,14-15,18-19H,4,9-13H2,1H3,(H2,24,25,26). The minimum absolute atomic E-state index is 0.0149. The van der Waals surface area contributed by atoms with E-state index < -0.39 is 0 Å². The maximum absolute atomic E-state index is 12.7. The molecule has 7 nitrogen and oxygen atoms in total. The molecule has 1 saturated carbocycles. The van der Waals surface area contributed by atoms with Gasteiger partial charge in [0.05, 0.1) is 23.4 Å². The highest BCUT2D eigenvalue weighted by Crippen LogP contribution is 2.52. The first kappa shape index (κ1) is 20.7. The Morgan fingerprint density at radius 3 is 2.47 bits per heavy atom. The SMILES string of the molecule is CN=C(NCCCN1C(=O)C2C3C=CC(C3)C2C1=O)NCCOc1ccccc1Cl. The number of halogens is 1. The summed E-state index contributed by atoms with van der Waals surface area (Å²) < 4.78 is 5.64. The van der Waals surface area contributed by atoms with Crippen molar-refractivity contribution in [2.75, 3.05) is 33.3 Å². The molecule has 1 aromatic carbocycles. The van der Waals surface area contributed by atoms with Gasteiger partial charge in [-0.1, -0.05) is 35.9 Å². The van der Waals surface area contributed by atoms with Crippen molar-refractivity contribution in [2.24, 2.45) is 28.7 Å². The van der Waals surface area contributed by atoms with Gasteiger partial charge in [-0.05, 0) is 36.8 Å². The topological polar surface area (TPSA) is 83.0 Å². The minimum Gasteiger partial charge on any atom is -0.490 e. The maximum atomic E-state index is 12.7. The molecule has 4 atom stereocenters. The fourth-order valence-corrected chi connectivity index (χ4v) is 4.93. The Kier molecular flexibility index (Phi) is 6.27. The number of guanidine groups is 1. The molecule has 1 heterocycles. The zero-order valence-electron chi connectivity index (χ0n) is 17.0. The van der Waals surface area contributed by atoms with E-state index in [1.54, 1.807) is 13.1 Å². The number of benzene rings is 1. The number of amides is 2. The Morgan fingerprint density at radius 2 is 1.80 bits per heavy atom. The van der Waals surface area contributed by atoms with Gasteiger partial charge < -0.3 is 15.4 Å². The average molecular weight is 431 g/mol. The summed E-state index contributed by atoms with van der Waals surface area (Å²) in [6.07, 6.45) is 5.88. The van der Waals surface area contributed by atoms with Crippen LogP contribution in [-0.4, -0.2) is 56.0 Å². The smallest absolute Gasteiger partial charge is 0.233 e. The van der Waals surface area contributed by atoms with Gasteiger partial charge in [0.25, 0.3) is 0 Å². The quantitative estimate of drug-likeness (QED) is 0.217. The molecular weight excluding hydrogens is 404 g/mol. The second-order valence-electron chi connectivity index (χ2n) is 7.89. The lowest BCUT2D eigenvalue weighted by Gasteiger charge is -2.18. The molecule has 0 aromatic heterocycles. The zero-order valence-corrected chi connectivity index (χ0v) is 17.8. The van der Waals surface area contributed by atoms with Crippen LogP contribution in [0.25, 0.3) is 0 Å². The van der Waals surface area contributed by atoms with Gasteiger partial charge in [0, 0.05) is 20.1 Å². The fraction of sp³-hybridized carbons (Fsp3) is 0.500. The molecule has 8 heteroatoms. The summed E-state index contributed by atoms with van der Waals surface area (Å²) in [5, 5.41) is 6.96. The van der Waals surface area contributed by atoms with E-state index in [-0.39, 0.29) is 35.5 Å². The van der Waals surface area contributed by atoms with Gasteiger partial charge in [-0.3, -0.25) is 19.5 Å². The average Bonchev–Trinajstić information content (AvgIpc) is 3.43. The van der Waals surface area contributed by atoms with Crippen LogP contribution in [0.2, 0.25) is 5.02 Å². The third-order valence-corrected chi connectivity index (χ3v) is 6.44. The van der Waals surface area contributed by atoms with Crippen LogP contribution in [-0.2, 0) is 9.59 Å². The number of imide groups is 1. The molecule has 160 valence electrons. The van der Waals surface area contributed by atoms with Gasteiger partial charge in [-0.2, -0.15) is 0 Å². The number of carbonyl (C=O) groups excluding carboxylic acids is 2. The van der Waals surface area contributed by atoms with Crippen molar-refractivity contribution in [2.45, 2.75) is 12.8 Å². The molecule has 3 aliphatic rings. The number of likely N-dealkylation sites (tertiary alicyclic amines) is 1. The molecule has 1 saturated heterocycles. The Labute approximate surface area is 181 Å². The first-order valence-corrected chi connectivity index (χ1v) is 10.8. The molecule has 2 N–H and O–H groups in total. The number of hydrogen-bond donors (Lipinski definition) is 2. The number of hydrogen-bond acceptors (Lipinski definition) is 4. The van der Waals surface area contributed by atoms with Crippen LogP contribution in [0.3, 0.4) is 0 Å². The zero-order chi connectivity index (χ0) is 21.1. The van der Waals surface area contributed by atoms with Crippen LogP contribution >= 0.6 is 11.6 Å². The Morgan fingerprint density at radius 1 is 1.13 bits per heavy atom. The molecule has 0 spiro atoms. The first-order chi connectivity index (χ1) is 14.6. The molecule has 1 aromatic rings. The van der Waals surface area contributed by atoms with Gasteiger partial charge in [0.2, 0.25) is 11.8 Å². The van der Waals surface area contributed by atoms with E-state index in [1.165, 1.54) is 4.90 Å². The van der Waals surface area contributed by atoms with E-state index in [0.717, 1.165) is 6.42 Å². The normalized spacial score (nSPS) is 27.0. The van der Waals surface area contributed by atoms with Crippen LogP contribution in [0.4, 0.5) is 0 Å². The number of para-hydroxylation sites is 1. The van der Waals surface area contributed by atoms with Crippen molar-refractivity contribution >= 4 is 29.4 Å². The van der Waals surface area contributed by atoms with Crippen LogP contribution in [0, 0.1) is 23.7 Å². The summed E-state index contributed by atoms with van der Waals surface area (Å²) in [7, 11) is 1.70. The number of carbonyl (C=O) groups is 2. The molecule has 30 heavy (non-hydrogen) atoms. The van der Waals surface area contributed by atoms with Crippen molar-refractivity contribution < 1.29 is 14.3 Å². The van der Waals surface area contributed by atoms with Gasteiger partial charge in [-0.15, -0.1) is 0 Å². The number of rotatable bonds is 8. The van der Waals surface area contributed by atoms with Gasteiger partial charge in [0.15, 0.2) is 5.96 Å². The number of ether oxygens (including phenoxy) is 1. The predicted molar refractivity (Wildman–Crippen MR) is 115 cm³/mol. The number of nitrogens with one attached hydrogen (secondary N) is 2. The third kappa shape index (κ3) is 4.03. The summed E-state index contributed by atoms with van der Waals surface area (Å²) in [6, 6.07) is 7.34. The summed E-state index contributed by atoms with van der Waals surface area (Å²) >= 11 is 6.07. The second kappa shape index (κ2) is 9.08. The Bertz CT molecular complexity index is 842. The van der Waals surface area contributed by atoms with Crippen LogP contribution in [0.1, 0.15) is 12.8 Å². The molecular formula is C22H27ClN4O3. The van der Waals surface area contributed by atoms with E-state index in [9.17, 15) is 9.59 Å². The maximum Gasteiger partial charge on any atom is 0.233 e. The molecule has 1 aliphatic heterocycles. The van der Waals surface area contributed by atoms with E-state index in [0.29, 0.717) is 49.4 Å². The predicted octanol–water partition coefficient (Wildman–Crippen LogP) is 2.08. The monoisotopic (exact) mass is 430 g/mol.